The number of carbonyl (C=O) groups excluding carboxylic acids is 2. The molecule has 1 aromatic rings. The maximum absolute atomic E-state index is 12.1. The van der Waals surface area contributed by atoms with Crippen molar-refractivity contribution in [1.29, 1.82) is 0 Å². The highest BCUT2D eigenvalue weighted by molar-refractivity contribution is 5.75. The van der Waals surface area contributed by atoms with Crippen LogP contribution in [0, 0.1) is 19.8 Å². The van der Waals surface area contributed by atoms with E-state index in [-0.39, 0.29) is 17.8 Å². The standard InChI is InChI=1S/C18H26N2O4/c1-12-6-7-13(2)16(10-12)18(19-14(3)21)11-15(17(22)23-4)8-9-20(18)24-5/h6-7,10,15H,8-9,11H2,1-5H3,(H,19,21). The Bertz CT molecular complexity index is 631. The smallest absolute Gasteiger partial charge is 0.308 e. The molecular weight excluding hydrogens is 308 g/mol. The van der Waals surface area contributed by atoms with Crippen LogP contribution in [0.25, 0.3) is 0 Å². The van der Waals surface area contributed by atoms with Crippen molar-refractivity contribution in [1.82, 2.24) is 10.4 Å². The van der Waals surface area contributed by atoms with Crippen molar-refractivity contribution in [2.45, 2.75) is 39.3 Å². The molecule has 1 fully saturated rings. The van der Waals surface area contributed by atoms with Gasteiger partial charge in [-0.1, -0.05) is 23.8 Å². The predicted molar refractivity (Wildman–Crippen MR) is 89.9 cm³/mol. The molecule has 0 aromatic heterocycles. The Morgan fingerprint density at radius 1 is 1.29 bits per heavy atom. The Labute approximate surface area is 143 Å². The average molecular weight is 334 g/mol. The second-order valence-corrected chi connectivity index (χ2v) is 6.36. The number of nitrogens with one attached hydrogen (secondary N) is 1. The van der Waals surface area contributed by atoms with Gasteiger partial charge in [-0.2, -0.15) is 5.06 Å². The fourth-order valence-electron chi connectivity index (χ4n) is 3.54. The van der Waals surface area contributed by atoms with Gasteiger partial charge in [0.15, 0.2) is 0 Å². The highest BCUT2D eigenvalue weighted by Gasteiger charge is 2.48. The Kier molecular flexibility index (Phi) is 5.62. The van der Waals surface area contributed by atoms with Crippen LogP contribution in [0.3, 0.4) is 0 Å². The minimum atomic E-state index is -0.895. The van der Waals surface area contributed by atoms with Gasteiger partial charge in [0.25, 0.3) is 0 Å². The van der Waals surface area contributed by atoms with Crippen molar-refractivity contribution >= 4 is 11.9 Å². The quantitative estimate of drug-likeness (QED) is 0.854. The van der Waals surface area contributed by atoms with Crippen LogP contribution in [-0.2, 0) is 24.8 Å². The first-order valence-corrected chi connectivity index (χ1v) is 8.10. The summed E-state index contributed by atoms with van der Waals surface area (Å²) in [5.41, 5.74) is 2.15. The first kappa shape index (κ1) is 18.4. The van der Waals surface area contributed by atoms with E-state index in [0.29, 0.717) is 19.4 Å². The van der Waals surface area contributed by atoms with Gasteiger partial charge in [-0.05, 0) is 31.4 Å². The molecule has 1 aliphatic rings. The lowest BCUT2D eigenvalue weighted by Gasteiger charge is -2.48. The third kappa shape index (κ3) is 3.44. The van der Waals surface area contributed by atoms with Crippen LogP contribution in [0.15, 0.2) is 18.2 Å². The minimum absolute atomic E-state index is 0.177. The summed E-state index contributed by atoms with van der Waals surface area (Å²) >= 11 is 0. The second-order valence-electron chi connectivity index (χ2n) is 6.36. The number of ether oxygens (including phenoxy) is 1. The number of amides is 1. The van der Waals surface area contributed by atoms with E-state index in [1.165, 1.54) is 14.0 Å². The first-order chi connectivity index (χ1) is 11.3. The number of hydroxylamine groups is 2. The van der Waals surface area contributed by atoms with Crippen molar-refractivity contribution in [3.05, 3.63) is 34.9 Å². The molecule has 1 amide bonds. The molecule has 1 aromatic carbocycles. The van der Waals surface area contributed by atoms with Crippen LogP contribution in [0.2, 0.25) is 0 Å². The highest BCUT2D eigenvalue weighted by atomic mass is 16.7. The SMILES string of the molecule is COC(=O)C1CCN(OC)C(NC(C)=O)(c2cc(C)ccc2C)C1. The molecule has 2 atom stereocenters. The molecule has 2 unspecified atom stereocenters. The second kappa shape index (κ2) is 7.32. The van der Waals surface area contributed by atoms with E-state index in [4.69, 9.17) is 9.57 Å². The summed E-state index contributed by atoms with van der Waals surface area (Å²) in [6, 6.07) is 6.08. The summed E-state index contributed by atoms with van der Waals surface area (Å²) in [6.45, 7) is 5.99. The van der Waals surface area contributed by atoms with Gasteiger partial charge in [0.05, 0.1) is 20.1 Å². The molecule has 1 N–H and O–H groups in total. The summed E-state index contributed by atoms with van der Waals surface area (Å²) < 4.78 is 4.94. The zero-order valence-corrected chi connectivity index (χ0v) is 15.0. The Morgan fingerprint density at radius 3 is 2.58 bits per heavy atom. The number of carbonyl (C=O) groups is 2. The summed E-state index contributed by atoms with van der Waals surface area (Å²) in [5.74, 6) is -0.734. The molecule has 1 heterocycles. The molecule has 0 radical (unpaired) electrons. The monoisotopic (exact) mass is 334 g/mol. The van der Waals surface area contributed by atoms with E-state index in [0.717, 1.165) is 16.7 Å². The van der Waals surface area contributed by atoms with Gasteiger partial charge in [0.2, 0.25) is 5.91 Å². The third-order valence-electron chi connectivity index (χ3n) is 4.62. The molecule has 6 nitrogen and oxygen atoms in total. The average Bonchev–Trinajstić information content (AvgIpc) is 2.55. The van der Waals surface area contributed by atoms with Gasteiger partial charge in [0, 0.05) is 19.9 Å². The van der Waals surface area contributed by atoms with E-state index >= 15 is 0 Å². The lowest BCUT2D eigenvalue weighted by molar-refractivity contribution is -0.241. The number of aryl methyl sites for hydroxylation is 2. The Balaban J connectivity index is 2.59. The fourth-order valence-corrected chi connectivity index (χ4v) is 3.54. The number of esters is 1. The number of hydrogen-bond acceptors (Lipinski definition) is 5. The first-order valence-electron chi connectivity index (χ1n) is 8.10. The van der Waals surface area contributed by atoms with Crippen molar-refractivity contribution in [3.63, 3.8) is 0 Å². The summed E-state index contributed by atoms with van der Waals surface area (Å²) in [6.07, 6.45) is 1.02. The topological polar surface area (TPSA) is 67.9 Å². The van der Waals surface area contributed by atoms with Crippen LogP contribution < -0.4 is 5.32 Å². The van der Waals surface area contributed by atoms with Crippen LogP contribution in [0.5, 0.6) is 0 Å². The molecular formula is C18H26N2O4. The summed E-state index contributed by atoms with van der Waals surface area (Å²) in [4.78, 5) is 29.7. The van der Waals surface area contributed by atoms with Gasteiger partial charge in [-0.15, -0.1) is 0 Å². The molecule has 0 bridgehead atoms. The number of methoxy groups -OCH3 is 1. The summed E-state index contributed by atoms with van der Waals surface area (Å²) in [5, 5.41) is 4.80. The van der Waals surface area contributed by atoms with Gasteiger partial charge >= 0.3 is 5.97 Å². The van der Waals surface area contributed by atoms with E-state index in [2.05, 4.69) is 5.32 Å². The molecule has 0 aliphatic carbocycles. The predicted octanol–water partition coefficient (Wildman–Crippen LogP) is 2.04. The van der Waals surface area contributed by atoms with Crippen molar-refractivity contribution in [2.24, 2.45) is 5.92 Å². The van der Waals surface area contributed by atoms with Gasteiger partial charge in [-0.3, -0.25) is 14.4 Å². The number of rotatable bonds is 4. The highest BCUT2D eigenvalue weighted by Crippen LogP contribution is 2.40. The Hall–Kier alpha value is -1.92. The van der Waals surface area contributed by atoms with Gasteiger partial charge in [0.1, 0.15) is 5.66 Å². The van der Waals surface area contributed by atoms with Crippen LogP contribution in [0.4, 0.5) is 0 Å². The number of hydrogen-bond donors (Lipinski definition) is 1. The number of piperidine rings is 1. The number of benzene rings is 1. The number of nitrogens with zero attached hydrogens (tertiary/aromatic N) is 1. The molecule has 2 rings (SSSR count). The zero-order chi connectivity index (χ0) is 17.9. The van der Waals surface area contributed by atoms with E-state index in [9.17, 15) is 9.59 Å². The lowest BCUT2D eigenvalue weighted by Crippen LogP contribution is -2.61. The molecule has 1 aliphatic heterocycles. The van der Waals surface area contributed by atoms with Crippen LogP contribution in [0.1, 0.15) is 36.5 Å². The van der Waals surface area contributed by atoms with E-state index in [1.807, 2.05) is 32.0 Å². The maximum Gasteiger partial charge on any atom is 0.308 e. The van der Waals surface area contributed by atoms with Crippen LogP contribution >= 0.6 is 0 Å². The molecule has 24 heavy (non-hydrogen) atoms. The normalized spacial score (nSPS) is 24.5. The molecule has 0 spiro atoms. The van der Waals surface area contributed by atoms with Crippen molar-refractivity contribution < 1.29 is 19.2 Å². The lowest BCUT2D eigenvalue weighted by atomic mass is 9.80. The summed E-state index contributed by atoms with van der Waals surface area (Å²) in [7, 11) is 2.98. The zero-order valence-electron chi connectivity index (χ0n) is 15.0. The molecule has 132 valence electrons. The van der Waals surface area contributed by atoms with Crippen molar-refractivity contribution in [3.8, 4) is 0 Å². The van der Waals surface area contributed by atoms with Crippen LogP contribution in [-0.4, -0.2) is 37.7 Å². The Morgan fingerprint density at radius 2 is 2.00 bits per heavy atom. The fraction of sp³-hybridized carbons (Fsp3) is 0.556. The van der Waals surface area contributed by atoms with Crippen molar-refractivity contribution in [2.75, 3.05) is 20.8 Å². The largest absolute Gasteiger partial charge is 0.469 e. The maximum atomic E-state index is 12.1. The molecule has 0 saturated carbocycles. The van der Waals surface area contributed by atoms with Gasteiger partial charge < -0.3 is 10.1 Å². The van der Waals surface area contributed by atoms with Gasteiger partial charge in [-0.25, -0.2) is 0 Å². The minimum Gasteiger partial charge on any atom is -0.469 e. The third-order valence-corrected chi connectivity index (χ3v) is 4.62. The van der Waals surface area contributed by atoms with E-state index in [1.54, 1.807) is 12.2 Å². The molecule has 6 heteroatoms. The van der Waals surface area contributed by atoms with E-state index < -0.39 is 5.66 Å². The molecule has 1 saturated heterocycles.